The normalized spacial score (nSPS) is 15.0. The van der Waals surface area contributed by atoms with Crippen LogP contribution in [0.5, 0.6) is 0 Å². The lowest BCUT2D eigenvalue weighted by Gasteiger charge is -2.27. The molecule has 0 spiro atoms. The van der Waals surface area contributed by atoms with Crippen molar-refractivity contribution in [3.05, 3.63) is 53.6 Å². The highest BCUT2D eigenvalue weighted by Gasteiger charge is 2.22. The SMILES string of the molecule is CCc1ccc2nc(N(CCCN3CCOCC3)C(=O)Cc3ccc(S(=O)(=O)C(C)C)cc3)sc2c1. The maximum atomic E-state index is 13.5. The molecule has 4 rings (SSSR count). The number of anilines is 1. The van der Waals surface area contributed by atoms with Gasteiger partial charge in [-0.2, -0.15) is 0 Å². The number of carbonyl (C=O) groups is 1. The number of benzene rings is 2. The first kappa shape index (κ1) is 26.7. The maximum Gasteiger partial charge on any atom is 0.233 e. The number of sulfone groups is 1. The van der Waals surface area contributed by atoms with Crippen molar-refractivity contribution in [2.45, 2.75) is 50.2 Å². The molecular weight excluding hydrogens is 494 g/mol. The average molecular weight is 530 g/mol. The first-order chi connectivity index (χ1) is 17.3. The van der Waals surface area contributed by atoms with Gasteiger partial charge >= 0.3 is 0 Å². The predicted octanol–water partition coefficient (Wildman–Crippen LogP) is 4.34. The van der Waals surface area contributed by atoms with Gasteiger partial charge in [0.1, 0.15) is 0 Å². The van der Waals surface area contributed by atoms with Crippen LogP contribution < -0.4 is 4.90 Å². The van der Waals surface area contributed by atoms with Gasteiger partial charge in [-0.1, -0.05) is 36.5 Å². The fraction of sp³-hybridized carbons (Fsp3) is 0.481. The monoisotopic (exact) mass is 529 g/mol. The third-order valence-corrected chi connectivity index (χ3v) is 9.78. The molecule has 1 aliphatic heterocycles. The number of amides is 1. The van der Waals surface area contributed by atoms with Gasteiger partial charge in [0.05, 0.1) is 40.0 Å². The summed E-state index contributed by atoms with van der Waals surface area (Å²) in [5.74, 6) is -0.0359. The van der Waals surface area contributed by atoms with Crippen molar-refractivity contribution >= 4 is 42.4 Å². The number of morpholine rings is 1. The van der Waals surface area contributed by atoms with E-state index in [1.165, 1.54) is 5.56 Å². The Bertz CT molecular complexity index is 1280. The molecule has 1 aliphatic rings. The van der Waals surface area contributed by atoms with Crippen LogP contribution in [-0.4, -0.2) is 68.9 Å². The van der Waals surface area contributed by atoms with E-state index in [1.54, 1.807) is 54.3 Å². The molecule has 1 aromatic heterocycles. The van der Waals surface area contributed by atoms with Crippen LogP contribution in [0.15, 0.2) is 47.4 Å². The van der Waals surface area contributed by atoms with Crippen LogP contribution in [0.2, 0.25) is 0 Å². The van der Waals surface area contributed by atoms with Gasteiger partial charge in [-0.15, -0.1) is 0 Å². The van der Waals surface area contributed by atoms with Gasteiger partial charge in [0.25, 0.3) is 0 Å². The van der Waals surface area contributed by atoms with Crippen LogP contribution in [-0.2, 0) is 32.2 Å². The van der Waals surface area contributed by atoms with Crippen LogP contribution in [0, 0.1) is 0 Å². The van der Waals surface area contributed by atoms with E-state index >= 15 is 0 Å². The number of thiazole rings is 1. The Labute approximate surface area is 218 Å². The summed E-state index contributed by atoms with van der Waals surface area (Å²) in [6, 6.07) is 13.0. The van der Waals surface area contributed by atoms with Gasteiger partial charge in [0.2, 0.25) is 5.91 Å². The molecule has 7 nitrogen and oxygen atoms in total. The number of hydrogen-bond acceptors (Lipinski definition) is 7. The molecule has 1 saturated heterocycles. The van der Waals surface area contributed by atoms with Crippen LogP contribution >= 0.6 is 11.3 Å². The molecule has 3 aromatic rings. The summed E-state index contributed by atoms with van der Waals surface area (Å²) < 4.78 is 31.4. The first-order valence-corrected chi connectivity index (χ1v) is 15.0. The Hall–Kier alpha value is -2.33. The molecule has 2 aromatic carbocycles. The standard InChI is InChI=1S/C27H35N3O4S2/c1-4-21-8-11-24-25(18-21)35-27(28-24)30(13-5-12-29-14-16-34-17-15-29)26(31)19-22-6-9-23(10-7-22)36(32,33)20(2)3/h6-11,18,20H,4-5,12-17,19H2,1-3H3. The lowest BCUT2D eigenvalue weighted by molar-refractivity contribution is -0.118. The van der Waals surface area contributed by atoms with Gasteiger partial charge in [0.15, 0.2) is 15.0 Å². The molecule has 194 valence electrons. The van der Waals surface area contributed by atoms with Crippen molar-refractivity contribution in [3.63, 3.8) is 0 Å². The van der Waals surface area contributed by atoms with Crippen LogP contribution in [0.3, 0.4) is 0 Å². The molecule has 9 heteroatoms. The minimum Gasteiger partial charge on any atom is -0.379 e. The zero-order valence-electron chi connectivity index (χ0n) is 21.3. The number of carbonyl (C=O) groups excluding carboxylic acids is 1. The predicted molar refractivity (Wildman–Crippen MR) is 146 cm³/mol. The molecule has 0 saturated carbocycles. The quantitative estimate of drug-likeness (QED) is 0.389. The van der Waals surface area contributed by atoms with E-state index in [0.717, 1.165) is 61.5 Å². The highest BCUT2D eigenvalue weighted by molar-refractivity contribution is 7.92. The van der Waals surface area contributed by atoms with E-state index in [9.17, 15) is 13.2 Å². The van der Waals surface area contributed by atoms with Crippen LogP contribution in [0.25, 0.3) is 10.2 Å². The Morgan fingerprint density at radius 2 is 1.81 bits per heavy atom. The minimum absolute atomic E-state index is 0.0359. The summed E-state index contributed by atoms with van der Waals surface area (Å²) in [5.41, 5.74) is 2.94. The molecule has 0 radical (unpaired) electrons. The van der Waals surface area contributed by atoms with E-state index < -0.39 is 15.1 Å². The lowest BCUT2D eigenvalue weighted by Crippen LogP contribution is -2.39. The van der Waals surface area contributed by atoms with E-state index in [0.29, 0.717) is 11.7 Å². The number of aromatic nitrogens is 1. The average Bonchev–Trinajstić information content (AvgIpc) is 3.30. The molecule has 1 amide bonds. The number of fused-ring (bicyclic) bond motifs is 1. The highest BCUT2D eigenvalue weighted by Crippen LogP contribution is 2.30. The highest BCUT2D eigenvalue weighted by atomic mass is 32.2. The molecular formula is C27H35N3O4S2. The Morgan fingerprint density at radius 3 is 2.47 bits per heavy atom. The maximum absolute atomic E-state index is 13.5. The minimum atomic E-state index is -3.34. The van der Waals surface area contributed by atoms with Crippen molar-refractivity contribution in [1.82, 2.24) is 9.88 Å². The van der Waals surface area contributed by atoms with Crippen molar-refractivity contribution in [2.24, 2.45) is 0 Å². The fourth-order valence-electron chi connectivity index (χ4n) is 4.24. The second-order valence-electron chi connectivity index (χ2n) is 9.42. The second-order valence-corrected chi connectivity index (χ2v) is 12.9. The third-order valence-electron chi connectivity index (χ3n) is 6.57. The smallest absolute Gasteiger partial charge is 0.233 e. The number of hydrogen-bond donors (Lipinski definition) is 0. The molecule has 0 bridgehead atoms. The van der Waals surface area contributed by atoms with Gasteiger partial charge < -0.3 is 4.74 Å². The molecule has 2 heterocycles. The van der Waals surface area contributed by atoms with E-state index in [4.69, 9.17) is 9.72 Å². The van der Waals surface area contributed by atoms with Crippen LogP contribution in [0.4, 0.5) is 5.13 Å². The summed E-state index contributed by atoms with van der Waals surface area (Å²) in [4.78, 5) is 22.8. The topological polar surface area (TPSA) is 79.8 Å². The zero-order chi connectivity index (χ0) is 25.7. The molecule has 0 unspecified atom stereocenters. The summed E-state index contributed by atoms with van der Waals surface area (Å²) in [6.07, 6.45) is 1.98. The summed E-state index contributed by atoms with van der Waals surface area (Å²) in [5, 5.41) is 0.225. The molecule has 36 heavy (non-hydrogen) atoms. The van der Waals surface area contributed by atoms with Crippen molar-refractivity contribution in [3.8, 4) is 0 Å². The van der Waals surface area contributed by atoms with Crippen molar-refractivity contribution in [1.29, 1.82) is 0 Å². The van der Waals surface area contributed by atoms with E-state index in [1.807, 2.05) is 6.07 Å². The van der Waals surface area contributed by atoms with Gasteiger partial charge in [0, 0.05) is 26.2 Å². The fourth-order valence-corrected chi connectivity index (χ4v) is 6.37. The van der Waals surface area contributed by atoms with E-state index in [-0.39, 0.29) is 17.2 Å². The summed E-state index contributed by atoms with van der Waals surface area (Å²) in [7, 11) is -3.34. The van der Waals surface area contributed by atoms with Gasteiger partial charge in [-0.3, -0.25) is 14.6 Å². The zero-order valence-corrected chi connectivity index (χ0v) is 22.9. The molecule has 0 atom stereocenters. The lowest BCUT2D eigenvalue weighted by atomic mass is 10.1. The van der Waals surface area contributed by atoms with Crippen LogP contribution in [0.1, 0.15) is 38.3 Å². The summed E-state index contributed by atoms with van der Waals surface area (Å²) >= 11 is 1.55. The number of nitrogens with zero attached hydrogens (tertiary/aromatic N) is 3. The van der Waals surface area contributed by atoms with E-state index in [2.05, 4.69) is 24.0 Å². The van der Waals surface area contributed by atoms with Gasteiger partial charge in [-0.25, -0.2) is 13.4 Å². The number of aryl methyl sites for hydroxylation is 1. The Morgan fingerprint density at radius 1 is 1.11 bits per heavy atom. The Kier molecular flexibility index (Phi) is 8.77. The third kappa shape index (κ3) is 6.32. The van der Waals surface area contributed by atoms with Crippen molar-refractivity contribution < 1.29 is 17.9 Å². The second kappa shape index (κ2) is 11.8. The Balaban J connectivity index is 1.52. The van der Waals surface area contributed by atoms with Gasteiger partial charge in [-0.05, 0) is 62.1 Å². The molecule has 1 fully saturated rings. The number of ether oxygens (including phenoxy) is 1. The summed E-state index contributed by atoms with van der Waals surface area (Å²) in [6.45, 7) is 10.3. The molecule has 0 N–H and O–H groups in total. The number of rotatable bonds is 10. The largest absolute Gasteiger partial charge is 0.379 e. The van der Waals surface area contributed by atoms with Crippen molar-refractivity contribution in [2.75, 3.05) is 44.3 Å². The first-order valence-electron chi connectivity index (χ1n) is 12.6. The molecule has 0 aliphatic carbocycles.